The number of carbonyl (C=O) groups excluding carboxylic acids is 2. The Balaban J connectivity index is 2.73. The number of H-pyrrole nitrogens is 1. The molecule has 0 radical (unpaired) electrons. The van der Waals surface area contributed by atoms with Gasteiger partial charge in [0.15, 0.2) is 0 Å². The molecule has 1 heterocycles. The number of aromatic nitrogens is 1. The number of likely N-dealkylation sites (N-methyl/N-ethyl adjacent to an activating group) is 1. The van der Waals surface area contributed by atoms with Crippen molar-refractivity contribution in [2.75, 3.05) is 7.05 Å². The summed E-state index contributed by atoms with van der Waals surface area (Å²) in [5.41, 5.74) is -0.233. The highest BCUT2D eigenvalue weighted by atomic mass is 16.2. The van der Waals surface area contributed by atoms with Crippen LogP contribution in [0.3, 0.4) is 0 Å². The lowest BCUT2D eigenvalue weighted by Gasteiger charge is -2.11. The highest BCUT2D eigenvalue weighted by Gasteiger charge is 2.15. The number of hydrogen-bond donors (Lipinski definition) is 3. The van der Waals surface area contributed by atoms with E-state index in [0.29, 0.717) is 0 Å². The Kier molecular flexibility index (Phi) is 3.82. The Bertz CT molecular complexity index is 453. The summed E-state index contributed by atoms with van der Waals surface area (Å²) in [4.78, 5) is 36.0. The molecule has 1 atom stereocenters. The zero-order valence-electron chi connectivity index (χ0n) is 9.03. The molecule has 0 saturated carbocycles. The van der Waals surface area contributed by atoms with Gasteiger partial charge < -0.3 is 15.6 Å². The van der Waals surface area contributed by atoms with Crippen molar-refractivity contribution >= 4 is 11.8 Å². The van der Waals surface area contributed by atoms with Crippen LogP contribution in [0.1, 0.15) is 17.4 Å². The number of pyridine rings is 1. The molecule has 0 aliphatic heterocycles. The topological polar surface area (TPSA) is 91.1 Å². The lowest BCUT2D eigenvalue weighted by atomic mass is 10.3. The third-order valence-electron chi connectivity index (χ3n) is 2.00. The molecular formula is C10H13N3O3. The van der Waals surface area contributed by atoms with Crippen LogP contribution in [0.25, 0.3) is 0 Å². The van der Waals surface area contributed by atoms with Gasteiger partial charge >= 0.3 is 0 Å². The van der Waals surface area contributed by atoms with Gasteiger partial charge in [-0.15, -0.1) is 0 Å². The summed E-state index contributed by atoms with van der Waals surface area (Å²) in [7, 11) is 1.48. The molecule has 0 aliphatic carbocycles. The number of carbonyl (C=O) groups is 2. The summed E-state index contributed by atoms with van der Waals surface area (Å²) in [6.45, 7) is 1.55. The normalized spacial score (nSPS) is 11.6. The first-order valence-electron chi connectivity index (χ1n) is 4.76. The summed E-state index contributed by atoms with van der Waals surface area (Å²) < 4.78 is 0. The van der Waals surface area contributed by atoms with Crippen molar-refractivity contribution in [2.24, 2.45) is 0 Å². The van der Waals surface area contributed by atoms with Crippen molar-refractivity contribution in [3.63, 3.8) is 0 Å². The van der Waals surface area contributed by atoms with Crippen LogP contribution in [0, 0.1) is 0 Å². The summed E-state index contributed by atoms with van der Waals surface area (Å²) in [5.74, 6) is -0.791. The monoisotopic (exact) mass is 223 g/mol. The minimum Gasteiger partial charge on any atom is -0.357 e. The lowest BCUT2D eigenvalue weighted by molar-refractivity contribution is -0.122. The van der Waals surface area contributed by atoms with Gasteiger partial charge in [-0.3, -0.25) is 14.4 Å². The van der Waals surface area contributed by atoms with Gasteiger partial charge in [-0.25, -0.2) is 0 Å². The number of aromatic amines is 1. The largest absolute Gasteiger partial charge is 0.357 e. The molecule has 2 amide bonds. The molecule has 16 heavy (non-hydrogen) atoms. The smallest absolute Gasteiger partial charge is 0.268 e. The number of nitrogens with one attached hydrogen (secondary N) is 3. The molecule has 0 spiro atoms. The summed E-state index contributed by atoms with van der Waals surface area (Å²) in [6, 6.07) is 3.59. The van der Waals surface area contributed by atoms with E-state index >= 15 is 0 Å². The van der Waals surface area contributed by atoms with E-state index in [2.05, 4.69) is 15.6 Å². The van der Waals surface area contributed by atoms with E-state index in [1.165, 1.54) is 25.2 Å². The predicted octanol–water partition coefficient (Wildman–Crippen LogP) is -0.761. The molecule has 1 aromatic heterocycles. The first-order chi connectivity index (χ1) is 7.54. The molecule has 0 bridgehead atoms. The average Bonchev–Trinajstić information content (AvgIpc) is 2.27. The molecule has 1 unspecified atom stereocenters. The lowest BCUT2D eigenvalue weighted by Crippen LogP contribution is -2.44. The second-order valence-electron chi connectivity index (χ2n) is 3.24. The molecule has 3 N–H and O–H groups in total. The van der Waals surface area contributed by atoms with Gasteiger partial charge in [0.1, 0.15) is 11.7 Å². The van der Waals surface area contributed by atoms with Crippen LogP contribution in [0.5, 0.6) is 0 Å². The zero-order chi connectivity index (χ0) is 12.1. The highest BCUT2D eigenvalue weighted by Crippen LogP contribution is 1.92. The highest BCUT2D eigenvalue weighted by molar-refractivity contribution is 5.95. The minimum atomic E-state index is -0.652. The van der Waals surface area contributed by atoms with E-state index in [9.17, 15) is 14.4 Å². The Labute approximate surface area is 92.1 Å². The zero-order valence-corrected chi connectivity index (χ0v) is 9.03. The van der Waals surface area contributed by atoms with Crippen LogP contribution in [-0.2, 0) is 4.79 Å². The van der Waals surface area contributed by atoms with Gasteiger partial charge in [0.2, 0.25) is 11.5 Å². The van der Waals surface area contributed by atoms with Crippen molar-refractivity contribution in [1.29, 1.82) is 0 Å². The van der Waals surface area contributed by atoms with Crippen molar-refractivity contribution in [3.05, 3.63) is 34.2 Å². The maximum atomic E-state index is 11.6. The van der Waals surface area contributed by atoms with E-state index in [1.807, 2.05) is 0 Å². The van der Waals surface area contributed by atoms with Crippen molar-refractivity contribution in [3.8, 4) is 0 Å². The maximum absolute atomic E-state index is 11.6. The fourth-order valence-electron chi connectivity index (χ4n) is 1.14. The van der Waals surface area contributed by atoms with Crippen LogP contribution in [0.15, 0.2) is 23.0 Å². The quantitative estimate of drug-likeness (QED) is 0.629. The number of hydrogen-bond acceptors (Lipinski definition) is 3. The maximum Gasteiger partial charge on any atom is 0.268 e. The summed E-state index contributed by atoms with van der Waals surface area (Å²) in [6.07, 6.45) is 0. The third kappa shape index (κ3) is 2.94. The third-order valence-corrected chi connectivity index (χ3v) is 2.00. The Morgan fingerprint density at radius 3 is 2.62 bits per heavy atom. The molecule has 86 valence electrons. The molecule has 6 heteroatoms. The first kappa shape index (κ1) is 12.0. The van der Waals surface area contributed by atoms with Gasteiger partial charge in [0, 0.05) is 13.1 Å². The van der Waals surface area contributed by atoms with Gasteiger partial charge in [-0.2, -0.15) is 0 Å². The van der Waals surface area contributed by atoms with E-state index in [4.69, 9.17) is 0 Å². The molecule has 1 aromatic rings. The predicted molar refractivity (Wildman–Crippen MR) is 58.1 cm³/mol. The SMILES string of the molecule is CNC(=O)C(C)NC(=O)c1cccc(=O)[nH]1. The Morgan fingerprint density at radius 1 is 1.38 bits per heavy atom. The van der Waals surface area contributed by atoms with Crippen molar-refractivity contribution in [1.82, 2.24) is 15.6 Å². The van der Waals surface area contributed by atoms with Gasteiger partial charge in [0.25, 0.3) is 5.91 Å². The van der Waals surface area contributed by atoms with Crippen LogP contribution in [-0.4, -0.2) is 29.9 Å². The van der Waals surface area contributed by atoms with Crippen LogP contribution in [0.2, 0.25) is 0 Å². The van der Waals surface area contributed by atoms with Gasteiger partial charge in [-0.1, -0.05) is 6.07 Å². The first-order valence-corrected chi connectivity index (χ1v) is 4.76. The van der Waals surface area contributed by atoms with Crippen LogP contribution in [0.4, 0.5) is 0 Å². The average molecular weight is 223 g/mol. The van der Waals surface area contributed by atoms with Gasteiger partial charge in [-0.05, 0) is 13.0 Å². The fraction of sp³-hybridized carbons (Fsp3) is 0.300. The summed E-state index contributed by atoms with van der Waals surface area (Å²) in [5, 5.41) is 4.86. The number of amides is 2. The molecular weight excluding hydrogens is 210 g/mol. The van der Waals surface area contributed by atoms with E-state index < -0.39 is 11.9 Å². The van der Waals surface area contributed by atoms with Crippen LogP contribution >= 0.6 is 0 Å². The molecule has 0 aromatic carbocycles. The van der Waals surface area contributed by atoms with Gasteiger partial charge in [0.05, 0.1) is 0 Å². The van der Waals surface area contributed by atoms with Crippen molar-refractivity contribution in [2.45, 2.75) is 13.0 Å². The van der Waals surface area contributed by atoms with E-state index in [0.717, 1.165) is 0 Å². The molecule has 0 saturated heterocycles. The standard InChI is InChI=1S/C10H13N3O3/c1-6(9(15)11-2)12-10(16)7-4-3-5-8(14)13-7/h3-6H,1-2H3,(H,11,15)(H,12,16)(H,13,14). The molecule has 6 nitrogen and oxygen atoms in total. The Hall–Kier alpha value is -2.11. The molecule has 1 rings (SSSR count). The van der Waals surface area contributed by atoms with Crippen molar-refractivity contribution < 1.29 is 9.59 Å². The van der Waals surface area contributed by atoms with E-state index in [1.54, 1.807) is 6.92 Å². The van der Waals surface area contributed by atoms with Crippen LogP contribution < -0.4 is 16.2 Å². The molecule has 0 aliphatic rings. The summed E-state index contributed by atoms with van der Waals surface area (Å²) >= 11 is 0. The second-order valence-corrected chi connectivity index (χ2v) is 3.24. The second kappa shape index (κ2) is 5.11. The fourth-order valence-corrected chi connectivity index (χ4v) is 1.14. The Morgan fingerprint density at radius 2 is 2.06 bits per heavy atom. The number of rotatable bonds is 3. The van der Waals surface area contributed by atoms with E-state index in [-0.39, 0.29) is 17.2 Å². The molecule has 0 fully saturated rings. The minimum absolute atomic E-state index is 0.128.